The molecule has 0 spiro atoms. The number of aliphatic hydroxyl groups excluding tert-OH is 2. The summed E-state index contributed by atoms with van der Waals surface area (Å²) in [6.45, 7) is 0.245. The lowest BCUT2D eigenvalue weighted by atomic mass is 9.85. The minimum atomic E-state index is -1.02. The Kier molecular flexibility index (Phi) is 4.39. The Bertz CT molecular complexity index is 423. The van der Waals surface area contributed by atoms with Crippen molar-refractivity contribution in [2.24, 2.45) is 5.92 Å². The van der Waals surface area contributed by atoms with Gasteiger partial charge in [0.15, 0.2) is 0 Å². The number of piperidine rings is 1. The Balaban J connectivity index is 2.17. The van der Waals surface area contributed by atoms with E-state index >= 15 is 0 Å². The number of benzene rings is 1. The van der Waals surface area contributed by atoms with Gasteiger partial charge in [0.2, 0.25) is 0 Å². The predicted molar refractivity (Wildman–Crippen MR) is 69.9 cm³/mol. The molecule has 0 aliphatic carbocycles. The normalized spacial score (nSPS) is 27.3. The van der Waals surface area contributed by atoms with E-state index in [2.05, 4.69) is 0 Å². The molecule has 0 radical (unpaired) electrons. The Morgan fingerprint density at radius 3 is 2.58 bits per heavy atom. The van der Waals surface area contributed by atoms with E-state index in [1.54, 1.807) is 0 Å². The van der Waals surface area contributed by atoms with Crippen LogP contribution in [0, 0.1) is 5.92 Å². The topological polar surface area (TPSA) is 81.0 Å². The number of hydrogen-bond donors (Lipinski definition) is 3. The van der Waals surface area contributed by atoms with Crippen LogP contribution in [0.1, 0.15) is 12.0 Å². The minimum absolute atomic E-state index is 0.111. The predicted octanol–water partition coefficient (Wildman–Crippen LogP) is 0.951. The zero-order valence-electron chi connectivity index (χ0n) is 10.6. The van der Waals surface area contributed by atoms with Crippen LogP contribution in [-0.2, 0) is 6.42 Å². The van der Waals surface area contributed by atoms with E-state index in [0.29, 0.717) is 19.4 Å². The summed E-state index contributed by atoms with van der Waals surface area (Å²) < 4.78 is 0. The van der Waals surface area contributed by atoms with Gasteiger partial charge in [0, 0.05) is 19.1 Å². The van der Waals surface area contributed by atoms with Crippen molar-refractivity contribution >= 4 is 6.09 Å². The first-order chi connectivity index (χ1) is 9.13. The molecule has 2 rings (SSSR count). The maximum Gasteiger partial charge on any atom is 0.407 e. The molecule has 1 fully saturated rings. The average Bonchev–Trinajstić information content (AvgIpc) is 2.42. The summed E-state index contributed by atoms with van der Waals surface area (Å²) in [6.07, 6.45) is -0.883. The van der Waals surface area contributed by atoms with Crippen LogP contribution in [0.3, 0.4) is 0 Å². The Morgan fingerprint density at radius 2 is 2.00 bits per heavy atom. The summed E-state index contributed by atoms with van der Waals surface area (Å²) in [5.41, 5.74) is 0.983. The smallest absolute Gasteiger partial charge is 0.407 e. The first-order valence-electron chi connectivity index (χ1n) is 6.46. The molecule has 5 heteroatoms. The number of nitrogens with zero attached hydrogens (tertiary/aromatic N) is 1. The molecule has 3 unspecified atom stereocenters. The van der Waals surface area contributed by atoms with Gasteiger partial charge in [-0.15, -0.1) is 0 Å². The standard InChI is InChI=1S/C14H19NO4/c16-9-11-6-7-15(14(18)19)12(13(11)17)8-10-4-2-1-3-5-10/h1-5,11-13,16-17H,6-9H2,(H,18,19). The third kappa shape index (κ3) is 3.05. The molecule has 1 aliphatic heterocycles. The third-order valence-corrected chi connectivity index (χ3v) is 3.79. The summed E-state index contributed by atoms with van der Waals surface area (Å²) >= 11 is 0. The third-order valence-electron chi connectivity index (χ3n) is 3.79. The number of carboxylic acid groups (broad SMARTS) is 1. The molecule has 1 aromatic rings. The van der Waals surface area contributed by atoms with Gasteiger partial charge in [0.05, 0.1) is 12.1 Å². The maximum atomic E-state index is 11.2. The fourth-order valence-corrected chi connectivity index (χ4v) is 2.66. The first kappa shape index (κ1) is 13.8. The minimum Gasteiger partial charge on any atom is -0.465 e. The van der Waals surface area contributed by atoms with E-state index in [0.717, 1.165) is 5.56 Å². The molecule has 0 bridgehead atoms. The van der Waals surface area contributed by atoms with Crippen LogP contribution >= 0.6 is 0 Å². The quantitative estimate of drug-likeness (QED) is 0.760. The highest BCUT2D eigenvalue weighted by Crippen LogP contribution is 2.26. The van der Waals surface area contributed by atoms with Crippen molar-refractivity contribution in [2.45, 2.75) is 25.0 Å². The van der Waals surface area contributed by atoms with Crippen molar-refractivity contribution in [1.29, 1.82) is 0 Å². The van der Waals surface area contributed by atoms with E-state index in [9.17, 15) is 20.1 Å². The first-order valence-corrected chi connectivity index (χ1v) is 6.46. The molecule has 19 heavy (non-hydrogen) atoms. The van der Waals surface area contributed by atoms with Gasteiger partial charge < -0.3 is 20.2 Å². The van der Waals surface area contributed by atoms with E-state index < -0.39 is 18.2 Å². The fraction of sp³-hybridized carbons (Fsp3) is 0.500. The average molecular weight is 265 g/mol. The Hall–Kier alpha value is -1.59. The summed E-state index contributed by atoms with van der Waals surface area (Å²) in [4.78, 5) is 12.5. The monoisotopic (exact) mass is 265 g/mol. The molecular formula is C14H19NO4. The lowest BCUT2D eigenvalue weighted by molar-refractivity contribution is -0.0384. The second-order valence-electron chi connectivity index (χ2n) is 4.95. The largest absolute Gasteiger partial charge is 0.465 e. The number of carbonyl (C=O) groups is 1. The highest BCUT2D eigenvalue weighted by molar-refractivity contribution is 5.65. The van der Waals surface area contributed by atoms with Crippen LogP contribution < -0.4 is 0 Å². The van der Waals surface area contributed by atoms with Crippen LogP contribution in [0.5, 0.6) is 0 Å². The highest BCUT2D eigenvalue weighted by atomic mass is 16.4. The van der Waals surface area contributed by atoms with Crippen LogP contribution in [-0.4, -0.2) is 51.6 Å². The van der Waals surface area contributed by atoms with E-state index in [1.165, 1.54) is 4.90 Å². The second-order valence-corrected chi connectivity index (χ2v) is 4.95. The molecule has 1 aromatic carbocycles. The van der Waals surface area contributed by atoms with Crippen LogP contribution in [0.2, 0.25) is 0 Å². The number of likely N-dealkylation sites (tertiary alicyclic amines) is 1. The van der Waals surface area contributed by atoms with Gasteiger partial charge in [-0.2, -0.15) is 0 Å². The SMILES string of the molecule is O=C(O)N1CCC(CO)C(O)C1Cc1ccccc1. The van der Waals surface area contributed by atoms with E-state index in [4.69, 9.17) is 0 Å². The summed E-state index contributed by atoms with van der Waals surface area (Å²) in [5, 5.41) is 28.7. The van der Waals surface area contributed by atoms with E-state index in [-0.39, 0.29) is 12.5 Å². The maximum absolute atomic E-state index is 11.2. The molecule has 3 atom stereocenters. The van der Waals surface area contributed by atoms with Crippen LogP contribution in [0.25, 0.3) is 0 Å². The lowest BCUT2D eigenvalue weighted by Gasteiger charge is -2.41. The Morgan fingerprint density at radius 1 is 1.32 bits per heavy atom. The molecular weight excluding hydrogens is 246 g/mol. The van der Waals surface area contributed by atoms with Gasteiger partial charge in [0.25, 0.3) is 0 Å². The molecule has 1 saturated heterocycles. The van der Waals surface area contributed by atoms with Crippen molar-refractivity contribution in [2.75, 3.05) is 13.2 Å². The summed E-state index contributed by atoms with van der Waals surface area (Å²) in [5.74, 6) is -0.246. The lowest BCUT2D eigenvalue weighted by Crippen LogP contribution is -2.55. The van der Waals surface area contributed by atoms with Gasteiger partial charge in [-0.3, -0.25) is 0 Å². The van der Waals surface area contributed by atoms with Crippen molar-refractivity contribution in [3.05, 3.63) is 35.9 Å². The van der Waals surface area contributed by atoms with Gasteiger partial charge in [-0.25, -0.2) is 4.79 Å². The van der Waals surface area contributed by atoms with Gasteiger partial charge in [0.1, 0.15) is 0 Å². The van der Waals surface area contributed by atoms with Crippen molar-refractivity contribution in [3.8, 4) is 0 Å². The molecule has 1 amide bonds. The number of rotatable bonds is 3. The number of hydrogen-bond acceptors (Lipinski definition) is 3. The van der Waals surface area contributed by atoms with Gasteiger partial charge in [-0.1, -0.05) is 30.3 Å². The molecule has 0 aromatic heterocycles. The number of aliphatic hydroxyl groups is 2. The number of amides is 1. The van der Waals surface area contributed by atoms with Gasteiger partial charge in [-0.05, 0) is 18.4 Å². The zero-order valence-corrected chi connectivity index (χ0v) is 10.6. The molecule has 3 N–H and O–H groups in total. The fourth-order valence-electron chi connectivity index (χ4n) is 2.66. The molecule has 1 heterocycles. The van der Waals surface area contributed by atoms with Crippen LogP contribution in [0.4, 0.5) is 4.79 Å². The zero-order chi connectivity index (χ0) is 13.8. The summed E-state index contributed by atoms with van der Waals surface area (Å²) in [7, 11) is 0. The molecule has 104 valence electrons. The highest BCUT2D eigenvalue weighted by Gasteiger charge is 2.38. The van der Waals surface area contributed by atoms with Gasteiger partial charge >= 0.3 is 6.09 Å². The Labute approximate surface area is 112 Å². The van der Waals surface area contributed by atoms with Crippen molar-refractivity contribution < 1.29 is 20.1 Å². The molecule has 0 saturated carbocycles. The second kappa shape index (κ2) is 6.04. The molecule has 1 aliphatic rings. The summed E-state index contributed by atoms with van der Waals surface area (Å²) in [6, 6.07) is 9.00. The van der Waals surface area contributed by atoms with E-state index in [1.807, 2.05) is 30.3 Å². The van der Waals surface area contributed by atoms with Crippen molar-refractivity contribution in [3.63, 3.8) is 0 Å². The van der Waals surface area contributed by atoms with Crippen molar-refractivity contribution in [1.82, 2.24) is 4.90 Å². The van der Waals surface area contributed by atoms with Crippen LogP contribution in [0.15, 0.2) is 30.3 Å². The molecule has 5 nitrogen and oxygen atoms in total.